The highest BCUT2D eigenvalue weighted by molar-refractivity contribution is 5.67. The molecule has 0 spiro atoms. The molecule has 86 valence electrons. The molecule has 0 saturated carbocycles. The first-order valence-corrected chi connectivity index (χ1v) is 4.80. The molecule has 0 amide bonds. The molecule has 0 heterocycles. The molecule has 2 rings (SSSR count). The van der Waals surface area contributed by atoms with Crippen molar-refractivity contribution in [3.8, 4) is 16.9 Å². The fourth-order valence-corrected chi connectivity index (χ4v) is 1.54. The Kier molecular flexibility index (Phi) is 2.74. The van der Waals surface area contributed by atoms with E-state index in [1.165, 1.54) is 30.3 Å². The van der Waals surface area contributed by atoms with Crippen LogP contribution in [0.15, 0.2) is 42.5 Å². The lowest BCUT2D eigenvalue weighted by Crippen LogP contribution is -1.88. The first-order valence-electron chi connectivity index (χ1n) is 4.80. The lowest BCUT2D eigenvalue weighted by Gasteiger charge is -2.03. The highest BCUT2D eigenvalue weighted by Crippen LogP contribution is 2.27. The lowest BCUT2D eigenvalue weighted by atomic mass is 10.0. The van der Waals surface area contributed by atoms with Gasteiger partial charge in [-0.3, -0.25) is 10.1 Å². The normalized spacial score (nSPS) is 10.2. The molecule has 17 heavy (non-hydrogen) atoms. The van der Waals surface area contributed by atoms with Crippen LogP contribution in [0.25, 0.3) is 11.1 Å². The van der Waals surface area contributed by atoms with E-state index in [0.29, 0.717) is 11.1 Å². The van der Waals surface area contributed by atoms with E-state index in [4.69, 9.17) is 0 Å². The van der Waals surface area contributed by atoms with Crippen LogP contribution in [0.1, 0.15) is 0 Å². The number of nitro benzene ring substituents is 1. The molecule has 1 N–H and O–H groups in total. The zero-order valence-electron chi connectivity index (χ0n) is 8.63. The standard InChI is InChI=1S/C12H8FNO3/c13-10-4-9(6-12(15)7-10)8-2-1-3-11(5-8)14(16)17/h1-7,15H. The second-order valence-corrected chi connectivity index (χ2v) is 3.51. The molecule has 0 fully saturated rings. The van der Waals surface area contributed by atoms with Crippen molar-refractivity contribution >= 4 is 5.69 Å². The molecule has 5 heteroatoms. The number of nitro groups is 1. The number of benzene rings is 2. The fraction of sp³-hybridized carbons (Fsp3) is 0. The van der Waals surface area contributed by atoms with Crippen LogP contribution in [0.3, 0.4) is 0 Å². The molecule has 2 aromatic carbocycles. The van der Waals surface area contributed by atoms with Gasteiger partial charge in [0.15, 0.2) is 0 Å². The van der Waals surface area contributed by atoms with E-state index in [-0.39, 0.29) is 11.4 Å². The summed E-state index contributed by atoms with van der Waals surface area (Å²) in [5, 5.41) is 19.9. The van der Waals surface area contributed by atoms with Crippen LogP contribution >= 0.6 is 0 Å². The molecule has 0 aromatic heterocycles. The van der Waals surface area contributed by atoms with E-state index in [1.807, 2.05) is 0 Å². The van der Waals surface area contributed by atoms with E-state index in [9.17, 15) is 19.6 Å². The van der Waals surface area contributed by atoms with Gasteiger partial charge in [-0.05, 0) is 23.3 Å². The van der Waals surface area contributed by atoms with Crippen LogP contribution in [0.5, 0.6) is 5.75 Å². The van der Waals surface area contributed by atoms with Gasteiger partial charge in [-0.2, -0.15) is 0 Å². The van der Waals surface area contributed by atoms with Crippen molar-refractivity contribution in [1.82, 2.24) is 0 Å². The molecular weight excluding hydrogens is 225 g/mol. The largest absolute Gasteiger partial charge is 0.508 e. The number of hydrogen-bond donors (Lipinski definition) is 1. The van der Waals surface area contributed by atoms with Gasteiger partial charge in [-0.25, -0.2) is 4.39 Å². The van der Waals surface area contributed by atoms with Crippen molar-refractivity contribution in [3.63, 3.8) is 0 Å². The van der Waals surface area contributed by atoms with Gasteiger partial charge in [0, 0.05) is 18.2 Å². The fourth-order valence-electron chi connectivity index (χ4n) is 1.54. The molecule has 0 atom stereocenters. The Hall–Kier alpha value is -2.43. The topological polar surface area (TPSA) is 63.4 Å². The maximum Gasteiger partial charge on any atom is 0.270 e. The summed E-state index contributed by atoms with van der Waals surface area (Å²) in [5.41, 5.74) is 0.798. The summed E-state index contributed by atoms with van der Waals surface area (Å²) >= 11 is 0. The Bertz CT molecular complexity index is 563. The Balaban J connectivity index is 2.52. The first-order chi connectivity index (χ1) is 8.06. The van der Waals surface area contributed by atoms with Gasteiger partial charge in [-0.15, -0.1) is 0 Å². The maximum absolute atomic E-state index is 13.1. The number of hydrogen-bond acceptors (Lipinski definition) is 3. The zero-order chi connectivity index (χ0) is 12.4. The maximum atomic E-state index is 13.1. The van der Waals surface area contributed by atoms with Crippen molar-refractivity contribution in [1.29, 1.82) is 0 Å². The molecule has 2 aromatic rings. The van der Waals surface area contributed by atoms with Crippen LogP contribution in [0.4, 0.5) is 10.1 Å². The van der Waals surface area contributed by atoms with E-state index < -0.39 is 10.7 Å². The third-order valence-electron chi connectivity index (χ3n) is 2.27. The van der Waals surface area contributed by atoms with Crippen molar-refractivity contribution < 1.29 is 14.4 Å². The van der Waals surface area contributed by atoms with Crippen LogP contribution in [-0.2, 0) is 0 Å². The van der Waals surface area contributed by atoms with E-state index in [2.05, 4.69) is 0 Å². The highest BCUT2D eigenvalue weighted by atomic mass is 19.1. The van der Waals surface area contributed by atoms with Crippen molar-refractivity contribution in [2.75, 3.05) is 0 Å². The van der Waals surface area contributed by atoms with Crippen LogP contribution in [-0.4, -0.2) is 10.0 Å². The molecule has 0 aliphatic rings. The minimum Gasteiger partial charge on any atom is -0.508 e. The third kappa shape index (κ3) is 2.39. The van der Waals surface area contributed by atoms with Gasteiger partial charge in [0.1, 0.15) is 11.6 Å². The average molecular weight is 233 g/mol. The minimum absolute atomic E-state index is 0.0775. The smallest absolute Gasteiger partial charge is 0.270 e. The van der Waals surface area contributed by atoms with Crippen molar-refractivity contribution in [2.24, 2.45) is 0 Å². The molecule has 0 bridgehead atoms. The summed E-state index contributed by atoms with van der Waals surface area (Å²) in [7, 11) is 0. The molecule has 0 aliphatic carbocycles. The Morgan fingerprint density at radius 2 is 1.88 bits per heavy atom. The van der Waals surface area contributed by atoms with Gasteiger partial charge in [0.25, 0.3) is 5.69 Å². The van der Waals surface area contributed by atoms with E-state index in [1.54, 1.807) is 6.07 Å². The molecule has 0 unspecified atom stereocenters. The second-order valence-electron chi connectivity index (χ2n) is 3.51. The average Bonchev–Trinajstić information content (AvgIpc) is 2.28. The monoisotopic (exact) mass is 233 g/mol. The molecule has 0 saturated heterocycles. The second kappa shape index (κ2) is 4.21. The summed E-state index contributed by atoms with van der Waals surface area (Å²) in [4.78, 5) is 10.1. The van der Waals surface area contributed by atoms with Gasteiger partial charge in [0.05, 0.1) is 4.92 Å². The molecule has 0 aliphatic heterocycles. The zero-order valence-corrected chi connectivity index (χ0v) is 8.63. The number of rotatable bonds is 2. The number of aromatic hydroxyl groups is 1. The summed E-state index contributed by atoms with van der Waals surface area (Å²) in [6, 6.07) is 9.33. The van der Waals surface area contributed by atoms with Gasteiger partial charge >= 0.3 is 0 Å². The van der Waals surface area contributed by atoms with Crippen molar-refractivity contribution in [3.05, 3.63) is 58.4 Å². The molecule has 0 radical (unpaired) electrons. The molecular formula is C12H8FNO3. The minimum atomic E-state index is -0.591. The number of nitrogens with zero attached hydrogens (tertiary/aromatic N) is 1. The predicted octanol–water partition coefficient (Wildman–Crippen LogP) is 3.11. The Morgan fingerprint density at radius 3 is 2.53 bits per heavy atom. The SMILES string of the molecule is O=[N+]([O-])c1cccc(-c2cc(O)cc(F)c2)c1. The first kappa shape index (κ1) is 11.1. The lowest BCUT2D eigenvalue weighted by molar-refractivity contribution is -0.384. The highest BCUT2D eigenvalue weighted by Gasteiger charge is 2.08. The Labute approximate surface area is 96.1 Å². The number of phenolic OH excluding ortho intramolecular Hbond substituents is 1. The number of halogens is 1. The van der Waals surface area contributed by atoms with Gasteiger partial charge < -0.3 is 5.11 Å². The summed E-state index contributed by atoms with van der Waals surface area (Å²) in [6.07, 6.45) is 0. The van der Waals surface area contributed by atoms with E-state index in [0.717, 1.165) is 6.07 Å². The van der Waals surface area contributed by atoms with Crippen LogP contribution < -0.4 is 0 Å². The van der Waals surface area contributed by atoms with Gasteiger partial charge in [-0.1, -0.05) is 12.1 Å². The van der Waals surface area contributed by atoms with Gasteiger partial charge in [0.2, 0.25) is 0 Å². The number of non-ortho nitro benzene ring substituents is 1. The van der Waals surface area contributed by atoms with Crippen molar-refractivity contribution in [2.45, 2.75) is 0 Å². The number of phenols is 1. The third-order valence-corrected chi connectivity index (χ3v) is 2.27. The van der Waals surface area contributed by atoms with Crippen LogP contribution in [0.2, 0.25) is 0 Å². The summed E-state index contributed by atoms with van der Waals surface area (Å²) in [6.45, 7) is 0. The van der Waals surface area contributed by atoms with Crippen LogP contribution in [0, 0.1) is 15.9 Å². The van der Waals surface area contributed by atoms with E-state index >= 15 is 0 Å². The predicted molar refractivity (Wildman–Crippen MR) is 60.2 cm³/mol. The summed E-state index contributed by atoms with van der Waals surface area (Å²) < 4.78 is 13.1. The Morgan fingerprint density at radius 1 is 1.12 bits per heavy atom. The quantitative estimate of drug-likeness (QED) is 0.640. The summed E-state index contributed by atoms with van der Waals surface area (Å²) in [5.74, 6) is -0.807. The molecule has 4 nitrogen and oxygen atoms in total.